The number of rotatable bonds is 6. The topological polar surface area (TPSA) is 56.0 Å². The van der Waals surface area contributed by atoms with Crippen molar-refractivity contribution in [3.63, 3.8) is 0 Å². The van der Waals surface area contributed by atoms with Gasteiger partial charge in [-0.3, -0.25) is 0 Å². The first-order chi connectivity index (χ1) is 10.2. The van der Waals surface area contributed by atoms with E-state index in [9.17, 15) is 0 Å². The molecule has 1 aromatic rings. The highest BCUT2D eigenvalue weighted by molar-refractivity contribution is 5.39. The summed E-state index contributed by atoms with van der Waals surface area (Å²) in [5, 5.41) is 17.0. The summed E-state index contributed by atoms with van der Waals surface area (Å²) in [5.41, 5.74) is 0.379. The van der Waals surface area contributed by atoms with E-state index in [0.29, 0.717) is 5.69 Å². The highest BCUT2D eigenvalue weighted by atomic mass is 15.3. The van der Waals surface area contributed by atoms with Crippen LogP contribution < -0.4 is 4.90 Å². The van der Waals surface area contributed by atoms with Crippen molar-refractivity contribution >= 4 is 5.82 Å². The fraction of sp³-hybridized carbons (Fsp3) is 0.688. The summed E-state index contributed by atoms with van der Waals surface area (Å²) in [4.78, 5) is 4.51. The van der Waals surface area contributed by atoms with Crippen molar-refractivity contribution in [1.29, 1.82) is 5.26 Å². The Bertz CT molecular complexity index is 457. The highest BCUT2D eigenvalue weighted by Crippen LogP contribution is 2.25. The van der Waals surface area contributed by atoms with Crippen molar-refractivity contribution in [2.75, 3.05) is 38.6 Å². The molecule has 5 nitrogen and oxygen atoms in total. The molecule has 0 aliphatic heterocycles. The van der Waals surface area contributed by atoms with Gasteiger partial charge in [-0.1, -0.05) is 19.3 Å². The second-order valence-corrected chi connectivity index (χ2v) is 6.14. The molecule has 1 fully saturated rings. The Kier molecular flexibility index (Phi) is 5.94. The van der Waals surface area contributed by atoms with E-state index in [0.717, 1.165) is 31.4 Å². The summed E-state index contributed by atoms with van der Waals surface area (Å²) < 4.78 is 0. The van der Waals surface area contributed by atoms with Crippen LogP contribution in [0, 0.1) is 17.2 Å². The third-order valence-electron chi connectivity index (χ3n) is 4.11. The molecule has 1 aliphatic carbocycles. The zero-order valence-corrected chi connectivity index (χ0v) is 13.1. The molecule has 1 saturated carbocycles. The quantitative estimate of drug-likeness (QED) is 0.803. The van der Waals surface area contributed by atoms with Gasteiger partial charge in [-0.2, -0.15) is 5.26 Å². The van der Waals surface area contributed by atoms with Crippen LogP contribution in [0.4, 0.5) is 5.82 Å². The van der Waals surface area contributed by atoms with Crippen molar-refractivity contribution in [3.05, 3.63) is 17.8 Å². The van der Waals surface area contributed by atoms with E-state index >= 15 is 0 Å². The predicted molar refractivity (Wildman–Crippen MR) is 84.1 cm³/mol. The van der Waals surface area contributed by atoms with Crippen molar-refractivity contribution in [2.24, 2.45) is 5.92 Å². The van der Waals surface area contributed by atoms with Crippen molar-refractivity contribution in [2.45, 2.75) is 32.1 Å². The van der Waals surface area contributed by atoms with E-state index < -0.39 is 0 Å². The molecule has 0 amide bonds. The van der Waals surface area contributed by atoms with Gasteiger partial charge in [0.25, 0.3) is 0 Å². The maximum absolute atomic E-state index is 8.83. The predicted octanol–water partition coefficient (Wildman–Crippen LogP) is 2.30. The summed E-state index contributed by atoms with van der Waals surface area (Å²) in [6.07, 6.45) is 6.73. The lowest BCUT2D eigenvalue weighted by Gasteiger charge is -2.31. The third-order valence-corrected chi connectivity index (χ3v) is 4.11. The lowest BCUT2D eigenvalue weighted by molar-refractivity contribution is 0.348. The van der Waals surface area contributed by atoms with Gasteiger partial charge < -0.3 is 9.80 Å². The van der Waals surface area contributed by atoms with Gasteiger partial charge in [0.2, 0.25) is 0 Å². The number of anilines is 1. The summed E-state index contributed by atoms with van der Waals surface area (Å²) in [6.45, 7) is 2.99. The van der Waals surface area contributed by atoms with Crippen LogP contribution in [0.15, 0.2) is 12.1 Å². The lowest BCUT2D eigenvalue weighted by Crippen LogP contribution is -2.36. The first-order valence-corrected chi connectivity index (χ1v) is 7.82. The zero-order valence-electron chi connectivity index (χ0n) is 13.1. The van der Waals surface area contributed by atoms with E-state index in [4.69, 9.17) is 5.26 Å². The maximum atomic E-state index is 8.83. The minimum atomic E-state index is 0.379. The molecule has 0 N–H and O–H groups in total. The average Bonchev–Trinajstić information content (AvgIpc) is 2.52. The third kappa shape index (κ3) is 4.98. The molecule has 114 valence electrons. The van der Waals surface area contributed by atoms with Gasteiger partial charge in [0.05, 0.1) is 0 Å². The Balaban J connectivity index is 2.04. The van der Waals surface area contributed by atoms with Gasteiger partial charge in [-0.15, -0.1) is 10.2 Å². The smallest absolute Gasteiger partial charge is 0.163 e. The first kappa shape index (κ1) is 15.7. The van der Waals surface area contributed by atoms with Gasteiger partial charge in [0.1, 0.15) is 6.07 Å². The molecule has 0 spiro atoms. The Morgan fingerprint density at radius 2 is 1.90 bits per heavy atom. The van der Waals surface area contributed by atoms with Gasteiger partial charge in [-0.05, 0) is 45.0 Å². The summed E-state index contributed by atoms with van der Waals surface area (Å²) >= 11 is 0. The first-order valence-electron chi connectivity index (χ1n) is 7.82. The van der Waals surface area contributed by atoms with Crippen molar-refractivity contribution in [1.82, 2.24) is 15.1 Å². The Morgan fingerprint density at radius 1 is 1.14 bits per heavy atom. The molecule has 21 heavy (non-hydrogen) atoms. The Morgan fingerprint density at radius 3 is 2.48 bits per heavy atom. The number of nitrogens with zero attached hydrogens (tertiary/aromatic N) is 5. The van der Waals surface area contributed by atoms with E-state index in [2.05, 4.69) is 34.1 Å². The van der Waals surface area contributed by atoms with Gasteiger partial charge in [0, 0.05) is 19.6 Å². The van der Waals surface area contributed by atoms with Gasteiger partial charge in [0.15, 0.2) is 11.5 Å². The van der Waals surface area contributed by atoms with E-state index in [-0.39, 0.29) is 0 Å². The minimum Gasteiger partial charge on any atom is -0.354 e. The standard InChI is InChI=1S/C16H25N5/c1-20(2)10-11-21(13-14-6-4-3-5-7-14)16-9-8-15(12-17)18-19-16/h8-9,14H,3-7,10-11,13H2,1-2H3. The van der Waals surface area contributed by atoms with Crippen molar-refractivity contribution in [3.8, 4) is 6.07 Å². The molecule has 0 bridgehead atoms. The Hall–Kier alpha value is -1.67. The molecule has 5 heteroatoms. The van der Waals surface area contributed by atoms with E-state index in [1.54, 1.807) is 6.07 Å². The average molecular weight is 287 g/mol. The minimum absolute atomic E-state index is 0.379. The second kappa shape index (κ2) is 7.94. The molecule has 2 rings (SSSR count). The highest BCUT2D eigenvalue weighted by Gasteiger charge is 2.18. The molecule has 1 aliphatic rings. The number of nitriles is 1. The monoisotopic (exact) mass is 287 g/mol. The fourth-order valence-electron chi connectivity index (χ4n) is 2.85. The largest absolute Gasteiger partial charge is 0.354 e. The number of hydrogen-bond donors (Lipinski definition) is 0. The number of likely N-dealkylation sites (N-methyl/N-ethyl adjacent to an activating group) is 1. The van der Waals surface area contributed by atoms with Crippen LogP contribution in [0.3, 0.4) is 0 Å². The van der Waals surface area contributed by atoms with Crippen LogP contribution >= 0.6 is 0 Å². The molecule has 1 heterocycles. The van der Waals surface area contributed by atoms with Crippen LogP contribution in [0.5, 0.6) is 0 Å². The molecule has 0 saturated heterocycles. The molecule has 0 radical (unpaired) electrons. The van der Waals surface area contributed by atoms with Crippen LogP contribution in [0.25, 0.3) is 0 Å². The number of aromatic nitrogens is 2. The zero-order chi connectivity index (χ0) is 15.1. The summed E-state index contributed by atoms with van der Waals surface area (Å²) in [5.74, 6) is 1.65. The molecule has 0 atom stereocenters. The lowest BCUT2D eigenvalue weighted by atomic mass is 9.89. The van der Waals surface area contributed by atoms with Gasteiger partial charge in [-0.25, -0.2) is 0 Å². The van der Waals surface area contributed by atoms with Crippen LogP contribution in [0.2, 0.25) is 0 Å². The molecule has 0 unspecified atom stereocenters. The van der Waals surface area contributed by atoms with Crippen molar-refractivity contribution < 1.29 is 0 Å². The maximum Gasteiger partial charge on any atom is 0.163 e. The van der Waals surface area contributed by atoms with E-state index in [1.807, 2.05) is 12.1 Å². The Labute approximate surface area is 127 Å². The molecular weight excluding hydrogens is 262 g/mol. The van der Waals surface area contributed by atoms with Crippen LogP contribution in [-0.2, 0) is 0 Å². The summed E-state index contributed by atoms with van der Waals surface area (Å²) in [7, 11) is 4.17. The van der Waals surface area contributed by atoms with E-state index in [1.165, 1.54) is 32.1 Å². The summed E-state index contributed by atoms with van der Waals surface area (Å²) in [6, 6.07) is 5.70. The molecule has 1 aromatic heterocycles. The second-order valence-electron chi connectivity index (χ2n) is 6.14. The normalized spacial score (nSPS) is 15.9. The number of hydrogen-bond acceptors (Lipinski definition) is 5. The molecule has 0 aromatic carbocycles. The van der Waals surface area contributed by atoms with Crippen LogP contribution in [0.1, 0.15) is 37.8 Å². The molecular formula is C16H25N5. The fourth-order valence-corrected chi connectivity index (χ4v) is 2.85. The van der Waals surface area contributed by atoms with Crippen LogP contribution in [-0.4, -0.2) is 48.8 Å². The SMILES string of the molecule is CN(C)CCN(CC1CCCCC1)c1ccc(C#N)nn1. The van der Waals surface area contributed by atoms with Gasteiger partial charge >= 0.3 is 0 Å².